The van der Waals surface area contributed by atoms with Gasteiger partial charge in [-0.1, -0.05) is 30.3 Å². The molecule has 0 saturated carbocycles. The van der Waals surface area contributed by atoms with Gasteiger partial charge in [-0.3, -0.25) is 9.89 Å². The molecule has 7 heteroatoms. The molecule has 0 bridgehead atoms. The fraction of sp³-hybridized carbons (Fsp3) is 0.417. The van der Waals surface area contributed by atoms with Gasteiger partial charge in [0.2, 0.25) is 11.9 Å². The summed E-state index contributed by atoms with van der Waals surface area (Å²) in [5.41, 5.74) is 3.84. The number of likely N-dealkylation sites (tertiary alicyclic amines) is 1. The van der Waals surface area contributed by atoms with E-state index in [2.05, 4.69) is 20.1 Å². The number of aromatic amines is 1. The molecular formula is C24H28N6O. The van der Waals surface area contributed by atoms with Crippen LogP contribution in [0.1, 0.15) is 55.8 Å². The van der Waals surface area contributed by atoms with Crippen molar-refractivity contribution >= 4 is 11.9 Å². The van der Waals surface area contributed by atoms with E-state index < -0.39 is 0 Å². The lowest BCUT2D eigenvalue weighted by molar-refractivity contribution is -0.133. The zero-order chi connectivity index (χ0) is 21.2. The Kier molecular flexibility index (Phi) is 5.40. The van der Waals surface area contributed by atoms with Crippen LogP contribution in [0.25, 0.3) is 11.3 Å². The summed E-state index contributed by atoms with van der Waals surface area (Å²) in [4.78, 5) is 26.9. The summed E-state index contributed by atoms with van der Waals surface area (Å²) < 4.78 is 0. The maximum atomic E-state index is 13.4. The predicted molar refractivity (Wildman–Crippen MR) is 120 cm³/mol. The summed E-state index contributed by atoms with van der Waals surface area (Å²) in [5, 5.41) is 7.51. The van der Waals surface area contributed by atoms with Crippen LogP contribution < -0.4 is 4.90 Å². The summed E-state index contributed by atoms with van der Waals surface area (Å²) in [7, 11) is 0. The molecule has 2 aromatic heterocycles. The van der Waals surface area contributed by atoms with Gasteiger partial charge in [0.1, 0.15) is 0 Å². The lowest BCUT2D eigenvalue weighted by Crippen LogP contribution is -2.34. The molecule has 2 aliphatic heterocycles. The molecular weight excluding hydrogens is 388 g/mol. The molecule has 2 atom stereocenters. The van der Waals surface area contributed by atoms with Crippen molar-refractivity contribution in [2.45, 2.75) is 44.6 Å². The second-order valence-corrected chi connectivity index (χ2v) is 8.46. The Morgan fingerprint density at radius 2 is 1.90 bits per heavy atom. The number of aromatic nitrogens is 4. The fourth-order valence-corrected chi connectivity index (χ4v) is 4.79. The Morgan fingerprint density at radius 1 is 1.10 bits per heavy atom. The van der Waals surface area contributed by atoms with E-state index >= 15 is 0 Å². The maximum Gasteiger partial charge on any atom is 0.230 e. The predicted octanol–water partition coefficient (Wildman–Crippen LogP) is 3.93. The smallest absolute Gasteiger partial charge is 0.230 e. The summed E-state index contributed by atoms with van der Waals surface area (Å²) in [5.74, 6) is 0.767. The van der Waals surface area contributed by atoms with Crippen molar-refractivity contribution in [1.82, 2.24) is 25.1 Å². The molecule has 31 heavy (non-hydrogen) atoms. The third-order valence-electron chi connectivity index (χ3n) is 6.52. The van der Waals surface area contributed by atoms with E-state index in [1.165, 1.54) is 12.8 Å². The maximum absolute atomic E-state index is 13.4. The molecule has 1 aromatic carbocycles. The zero-order valence-electron chi connectivity index (χ0n) is 17.9. The van der Waals surface area contributed by atoms with Crippen molar-refractivity contribution in [3.63, 3.8) is 0 Å². The number of H-pyrrole nitrogens is 1. The van der Waals surface area contributed by atoms with E-state index in [1.54, 1.807) is 0 Å². The number of benzene rings is 1. The molecule has 1 amide bonds. The number of amides is 1. The largest absolute Gasteiger partial charge is 0.341 e. The molecule has 4 heterocycles. The van der Waals surface area contributed by atoms with Crippen LogP contribution in [-0.4, -0.2) is 50.6 Å². The van der Waals surface area contributed by atoms with E-state index in [9.17, 15) is 4.79 Å². The number of carbonyl (C=O) groups is 1. The number of nitrogens with one attached hydrogen (secondary N) is 1. The number of hydrogen-bond donors (Lipinski definition) is 1. The van der Waals surface area contributed by atoms with Crippen LogP contribution in [0.4, 0.5) is 5.95 Å². The molecule has 0 radical (unpaired) electrons. The monoisotopic (exact) mass is 416 g/mol. The average molecular weight is 417 g/mol. The van der Waals surface area contributed by atoms with Crippen LogP contribution in [0.2, 0.25) is 0 Å². The third-order valence-corrected chi connectivity index (χ3v) is 6.52. The van der Waals surface area contributed by atoms with E-state index in [0.29, 0.717) is 0 Å². The summed E-state index contributed by atoms with van der Waals surface area (Å²) in [6.45, 7) is 4.77. The Labute approximate surface area is 182 Å². The SMILES string of the molecule is C[C@@H](C(=O)N1CCC[C@H]1c1[nH]ncc1-c1ccnc(N2CCCC2)n1)c1ccccc1. The molecule has 2 aliphatic rings. The van der Waals surface area contributed by atoms with Crippen molar-refractivity contribution < 1.29 is 4.79 Å². The highest BCUT2D eigenvalue weighted by Crippen LogP contribution is 2.38. The quantitative estimate of drug-likeness (QED) is 0.682. The summed E-state index contributed by atoms with van der Waals surface area (Å²) in [6, 6.07) is 11.9. The molecule has 2 fully saturated rings. The number of nitrogens with zero attached hydrogens (tertiary/aromatic N) is 5. The van der Waals surface area contributed by atoms with Gasteiger partial charge in [-0.15, -0.1) is 0 Å². The van der Waals surface area contributed by atoms with Crippen molar-refractivity contribution in [3.8, 4) is 11.3 Å². The number of hydrogen-bond acceptors (Lipinski definition) is 5. The number of rotatable bonds is 5. The first kappa shape index (κ1) is 19.7. The van der Waals surface area contributed by atoms with Gasteiger partial charge in [0.05, 0.1) is 29.5 Å². The second kappa shape index (κ2) is 8.49. The molecule has 5 rings (SSSR count). The third kappa shape index (κ3) is 3.80. The Morgan fingerprint density at radius 3 is 2.71 bits per heavy atom. The fourth-order valence-electron chi connectivity index (χ4n) is 4.79. The topological polar surface area (TPSA) is 78.0 Å². The van der Waals surface area contributed by atoms with Crippen molar-refractivity contribution in [1.29, 1.82) is 0 Å². The molecule has 0 spiro atoms. The molecule has 1 N–H and O–H groups in total. The van der Waals surface area contributed by atoms with E-state index in [4.69, 9.17) is 4.98 Å². The van der Waals surface area contributed by atoms with E-state index in [1.807, 2.05) is 60.6 Å². The highest BCUT2D eigenvalue weighted by atomic mass is 16.2. The minimum Gasteiger partial charge on any atom is -0.341 e. The standard InChI is InChI=1S/C24H28N6O/c1-17(18-8-3-2-4-9-18)23(31)30-15-7-10-21(30)22-19(16-26-28-22)20-11-12-25-24(27-20)29-13-5-6-14-29/h2-4,8-9,11-12,16-17,21H,5-7,10,13-15H2,1H3,(H,26,28)/t17-,21+/m1/s1. The van der Waals surface area contributed by atoms with Gasteiger partial charge in [0, 0.05) is 31.4 Å². The average Bonchev–Trinajstić information content (AvgIpc) is 3.59. The van der Waals surface area contributed by atoms with Crippen LogP contribution in [0.3, 0.4) is 0 Å². The van der Waals surface area contributed by atoms with Gasteiger partial charge < -0.3 is 9.80 Å². The second-order valence-electron chi connectivity index (χ2n) is 8.46. The van der Waals surface area contributed by atoms with Crippen molar-refractivity contribution in [2.24, 2.45) is 0 Å². The molecule has 7 nitrogen and oxygen atoms in total. The Balaban J connectivity index is 1.42. The van der Waals surface area contributed by atoms with Crippen LogP contribution in [-0.2, 0) is 4.79 Å². The minimum atomic E-state index is -0.172. The van der Waals surface area contributed by atoms with Crippen LogP contribution in [0.5, 0.6) is 0 Å². The summed E-state index contributed by atoms with van der Waals surface area (Å²) >= 11 is 0. The highest BCUT2D eigenvalue weighted by Gasteiger charge is 2.35. The Hall–Kier alpha value is -3.22. The zero-order valence-corrected chi connectivity index (χ0v) is 17.9. The molecule has 3 aromatic rings. The van der Waals surface area contributed by atoms with Gasteiger partial charge in [-0.2, -0.15) is 5.10 Å². The first-order chi connectivity index (χ1) is 15.2. The van der Waals surface area contributed by atoms with Gasteiger partial charge in [-0.25, -0.2) is 9.97 Å². The minimum absolute atomic E-state index is 0.0126. The number of carbonyl (C=O) groups excluding carboxylic acids is 1. The molecule has 0 unspecified atom stereocenters. The van der Waals surface area contributed by atoms with Gasteiger partial charge in [0.15, 0.2) is 0 Å². The van der Waals surface area contributed by atoms with Crippen LogP contribution in [0, 0.1) is 0 Å². The highest BCUT2D eigenvalue weighted by molar-refractivity contribution is 5.84. The van der Waals surface area contributed by atoms with Crippen LogP contribution in [0.15, 0.2) is 48.8 Å². The van der Waals surface area contributed by atoms with Crippen molar-refractivity contribution in [2.75, 3.05) is 24.5 Å². The molecule has 0 aliphatic carbocycles. The molecule has 160 valence electrons. The normalized spacial score (nSPS) is 19.7. The summed E-state index contributed by atoms with van der Waals surface area (Å²) in [6.07, 6.45) is 7.92. The van der Waals surface area contributed by atoms with Gasteiger partial charge in [0.25, 0.3) is 0 Å². The Bertz CT molecular complexity index is 1040. The van der Waals surface area contributed by atoms with Gasteiger partial charge >= 0.3 is 0 Å². The van der Waals surface area contributed by atoms with Gasteiger partial charge in [-0.05, 0) is 44.2 Å². The van der Waals surface area contributed by atoms with E-state index in [0.717, 1.165) is 60.9 Å². The molecule has 2 saturated heterocycles. The van der Waals surface area contributed by atoms with Crippen LogP contribution >= 0.6 is 0 Å². The first-order valence-electron chi connectivity index (χ1n) is 11.2. The lowest BCUT2D eigenvalue weighted by Gasteiger charge is -2.27. The van der Waals surface area contributed by atoms with E-state index in [-0.39, 0.29) is 17.9 Å². The van der Waals surface area contributed by atoms with Crippen molar-refractivity contribution in [3.05, 3.63) is 60.0 Å². The lowest BCUT2D eigenvalue weighted by atomic mass is 9.98. The first-order valence-corrected chi connectivity index (χ1v) is 11.2. The number of anilines is 1.